The Morgan fingerprint density at radius 2 is 1.63 bits per heavy atom. The van der Waals surface area contributed by atoms with Crippen LogP contribution >= 0.6 is 0 Å². The fourth-order valence-electron chi connectivity index (χ4n) is 3.28. The standard InChI is InChI=1S/C24H20O3/c1-16-12-21(26-15-19-11-7-6-8-17(19)2)24-20(18-9-4-3-5-10-18)14-23(25)27-22(24)13-16/h3-14H,15H2,1-2H3. The van der Waals surface area contributed by atoms with Crippen LogP contribution in [0.5, 0.6) is 5.75 Å². The summed E-state index contributed by atoms with van der Waals surface area (Å²) < 4.78 is 11.7. The highest BCUT2D eigenvalue weighted by molar-refractivity contribution is 5.98. The second-order valence-electron chi connectivity index (χ2n) is 6.70. The monoisotopic (exact) mass is 356 g/mol. The molecule has 1 aromatic heterocycles. The number of hydrogen-bond acceptors (Lipinski definition) is 3. The van der Waals surface area contributed by atoms with Crippen LogP contribution in [0, 0.1) is 13.8 Å². The molecule has 0 fully saturated rings. The van der Waals surface area contributed by atoms with Gasteiger partial charge in [0.1, 0.15) is 17.9 Å². The van der Waals surface area contributed by atoms with E-state index in [2.05, 4.69) is 19.1 Å². The Kier molecular flexibility index (Phi) is 4.51. The van der Waals surface area contributed by atoms with Crippen LogP contribution < -0.4 is 10.4 Å². The molecular weight excluding hydrogens is 336 g/mol. The molecule has 4 rings (SSSR count). The second kappa shape index (κ2) is 7.12. The van der Waals surface area contributed by atoms with Crippen molar-refractivity contribution in [3.05, 3.63) is 99.9 Å². The molecule has 0 bridgehead atoms. The third kappa shape index (κ3) is 3.49. The van der Waals surface area contributed by atoms with E-state index in [0.717, 1.165) is 33.4 Å². The van der Waals surface area contributed by atoms with Crippen LogP contribution in [0.2, 0.25) is 0 Å². The van der Waals surface area contributed by atoms with Crippen LogP contribution in [-0.2, 0) is 6.61 Å². The van der Waals surface area contributed by atoms with Gasteiger partial charge in [-0.05, 0) is 48.2 Å². The normalized spacial score (nSPS) is 10.9. The van der Waals surface area contributed by atoms with Gasteiger partial charge in [-0.2, -0.15) is 0 Å². The van der Waals surface area contributed by atoms with Crippen LogP contribution in [0.25, 0.3) is 22.1 Å². The maximum atomic E-state index is 12.1. The minimum atomic E-state index is -0.364. The van der Waals surface area contributed by atoms with Crippen LogP contribution in [0.1, 0.15) is 16.7 Å². The number of hydrogen-bond donors (Lipinski definition) is 0. The number of rotatable bonds is 4. The molecule has 0 unspecified atom stereocenters. The van der Waals surface area contributed by atoms with Crippen molar-refractivity contribution < 1.29 is 9.15 Å². The van der Waals surface area contributed by atoms with E-state index in [4.69, 9.17) is 9.15 Å². The van der Waals surface area contributed by atoms with Gasteiger partial charge in [-0.3, -0.25) is 0 Å². The van der Waals surface area contributed by atoms with E-state index in [1.807, 2.05) is 61.5 Å². The molecule has 0 atom stereocenters. The molecule has 0 saturated heterocycles. The largest absolute Gasteiger partial charge is 0.488 e. The summed E-state index contributed by atoms with van der Waals surface area (Å²) in [6.07, 6.45) is 0. The van der Waals surface area contributed by atoms with Crippen molar-refractivity contribution in [1.29, 1.82) is 0 Å². The SMILES string of the molecule is Cc1cc(OCc2ccccc2C)c2c(-c3ccccc3)cc(=O)oc2c1. The Morgan fingerprint density at radius 1 is 0.889 bits per heavy atom. The molecule has 0 aliphatic heterocycles. The maximum absolute atomic E-state index is 12.1. The minimum absolute atomic E-state index is 0.364. The molecule has 0 amide bonds. The predicted molar refractivity (Wildman–Crippen MR) is 108 cm³/mol. The Bertz CT molecular complexity index is 1160. The van der Waals surface area contributed by atoms with Crippen LogP contribution in [0.3, 0.4) is 0 Å². The smallest absolute Gasteiger partial charge is 0.336 e. The Labute approximate surface area is 157 Å². The number of fused-ring (bicyclic) bond motifs is 1. The fraction of sp³-hybridized carbons (Fsp3) is 0.125. The van der Waals surface area contributed by atoms with E-state index in [-0.39, 0.29) is 5.63 Å². The van der Waals surface area contributed by atoms with Crippen molar-refractivity contribution in [2.45, 2.75) is 20.5 Å². The van der Waals surface area contributed by atoms with Gasteiger partial charge in [0.2, 0.25) is 0 Å². The number of aryl methyl sites for hydroxylation is 2. The van der Waals surface area contributed by atoms with E-state index in [1.165, 1.54) is 11.6 Å². The van der Waals surface area contributed by atoms with Gasteiger partial charge in [-0.25, -0.2) is 4.79 Å². The molecule has 0 spiro atoms. The first-order chi connectivity index (χ1) is 13.1. The zero-order valence-electron chi connectivity index (χ0n) is 15.4. The summed E-state index contributed by atoms with van der Waals surface area (Å²) in [5.41, 5.74) is 5.25. The lowest BCUT2D eigenvalue weighted by Gasteiger charge is -2.14. The first kappa shape index (κ1) is 17.1. The number of benzene rings is 3. The summed E-state index contributed by atoms with van der Waals surface area (Å²) in [6.45, 7) is 4.50. The van der Waals surface area contributed by atoms with Gasteiger partial charge in [0.15, 0.2) is 0 Å². The lowest BCUT2D eigenvalue weighted by Crippen LogP contribution is -2.02. The van der Waals surface area contributed by atoms with Gasteiger partial charge in [0, 0.05) is 11.6 Å². The zero-order chi connectivity index (χ0) is 18.8. The lowest BCUT2D eigenvalue weighted by molar-refractivity contribution is 0.308. The average Bonchev–Trinajstić information content (AvgIpc) is 2.66. The molecule has 1 heterocycles. The summed E-state index contributed by atoms with van der Waals surface area (Å²) >= 11 is 0. The van der Waals surface area contributed by atoms with Crippen molar-refractivity contribution in [3.8, 4) is 16.9 Å². The molecule has 0 N–H and O–H groups in total. The summed E-state index contributed by atoms with van der Waals surface area (Å²) in [5, 5.41) is 0.819. The van der Waals surface area contributed by atoms with Gasteiger partial charge in [0.05, 0.1) is 5.39 Å². The van der Waals surface area contributed by atoms with E-state index in [9.17, 15) is 4.79 Å². The fourth-order valence-corrected chi connectivity index (χ4v) is 3.28. The Balaban J connectivity index is 1.87. The van der Waals surface area contributed by atoms with Crippen molar-refractivity contribution in [2.75, 3.05) is 0 Å². The van der Waals surface area contributed by atoms with E-state index >= 15 is 0 Å². The summed E-state index contributed by atoms with van der Waals surface area (Å²) in [5.74, 6) is 0.718. The van der Waals surface area contributed by atoms with Gasteiger partial charge in [-0.15, -0.1) is 0 Å². The third-order valence-electron chi connectivity index (χ3n) is 4.68. The van der Waals surface area contributed by atoms with Crippen LogP contribution in [-0.4, -0.2) is 0 Å². The van der Waals surface area contributed by atoms with E-state index in [1.54, 1.807) is 0 Å². The average molecular weight is 356 g/mol. The van der Waals surface area contributed by atoms with Gasteiger partial charge >= 0.3 is 5.63 Å². The first-order valence-corrected chi connectivity index (χ1v) is 8.93. The molecule has 27 heavy (non-hydrogen) atoms. The summed E-state index contributed by atoms with van der Waals surface area (Å²) in [6, 6.07) is 23.4. The molecule has 3 nitrogen and oxygen atoms in total. The minimum Gasteiger partial charge on any atom is -0.488 e. The molecule has 134 valence electrons. The Hall–Kier alpha value is -3.33. The van der Waals surface area contributed by atoms with Crippen molar-refractivity contribution in [2.24, 2.45) is 0 Å². The van der Waals surface area contributed by atoms with E-state index < -0.39 is 0 Å². The highest BCUT2D eigenvalue weighted by atomic mass is 16.5. The van der Waals surface area contributed by atoms with Crippen LogP contribution in [0.15, 0.2) is 82.0 Å². The molecule has 0 saturated carbocycles. The van der Waals surface area contributed by atoms with Gasteiger partial charge in [0.25, 0.3) is 0 Å². The first-order valence-electron chi connectivity index (χ1n) is 8.93. The highest BCUT2D eigenvalue weighted by Gasteiger charge is 2.14. The van der Waals surface area contributed by atoms with Crippen molar-refractivity contribution in [3.63, 3.8) is 0 Å². The summed E-state index contributed by atoms with van der Waals surface area (Å²) in [7, 11) is 0. The van der Waals surface area contributed by atoms with Gasteiger partial charge in [-0.1, -0.05) is 54.6 Å². The topological polar surface area (TPSA) is 39.4 Å². The number of ether oxygens (including phenoxy) is 1. The zero-order valence-corrected chi connectivity index (χ0v) is 15.4. The molecular formula is C24H20O3. The predicted octanol–water partition coefficient (Wildman–Crippen LogP) is 5.66. The molecule has 4 aromatic rings. The lowest BCUT2D eigenvalue weighted by atomic mass is 10.0. The molecule has 3 aromatic carbocycles. The second-order valence-corrected chi connectivity index (χ2v) is 6.70. The molecule has 0 aliphatic rings. The summed E-state index contributed by atoms with van der Waals surface area (Å²) in [4.78, 5) is 12.1. The molecule has 3 heteroatoms. The third-order valence-corrected chi connectivity index (χ3v) is 4.68. The quantitative estimate of drug-likeness (QED) is 0.443. The molecule has 0 aliphatic carbocycles. The highest BCUT2D eigenvalue weighted by Crippen LogP contribution is 2.35. The van der Waals surface area contributed by atoms with Crippen LogP contribution in [0.4, 0.5) is 0 Å². The van der Waals surface area contributed by atoms with E-state index in [0.29, 0.717) is 12.2 Å². The maximum Gasteiger partial charge on any atom is 0.336 e. The molecule has 0 radical (unpaired) electrons. The van der Waals surface area contributed by atoms with Crippen molar-refractivity contribution >= 4 is 11.0 Å². The Morgan fingerprint density at radius 3 is 2.41 bits per heavy atom. The van der Waals surface area contributed by atoms with Gasteiger partial charge < -0.3 is 9.15 Å². The van der Waals surface area contributed by atoms with Crippen molar-refractivity contribution in [1.82, 2.24) is 0 Å².